The van der Waals surface area contributed by atoms with Crippen LogP contribution < -0.4 is 4.74 Å². The third-order valence-electron chi connectivity index (χ3n) is 4.28. The van der Waals surface area contributed by atoms with Crippen molar-refractivity contribution in [2.24, 2.45) is 0 Å². The first-order valence-corrected chi connectivity index (χ1v) is 8.18. The predicted molar refractivity (Wildman–Crippen MR) is 93.0 cm³/mol. The van der Waals surface area contributed by atoms with Gasteiger partial charge in [-0.15, -0.1) is 0 Å². The molecule has 1 heterocycles. The molecule has 0 bridgehead atoms. The highest BCUT2D eigenvalue weighted by Gasteiger charge is 2.22. The molecule has 0 aromatic heterocycles. The summed E-state index contributed by atoms with van der Waals surface area (Å²) >= 11 is 0. The van der Waals surface area contributed by atoms with Crippen molar-refractivity contribution >= 4 is 10.8 Å². The van der Waals surface area contributed by atoms with Crippen molar-refractivity contribution in [1.82, 2.24) is 0 Å². The summed E-state index contributed by atoms with van der Waals surface area (Å²) in [5.41, 5.74) is 2.73. The molecule has 0 radical (unpaired) electrons. The lowest BCUT2D eigenvalue weighted by Gasteiger charge is -2.07. The van der Waals surface area contributed by atoms with E-state index < -0.39 is 0 Å². The van der Waals surface area contributed by atoms with Gasteiger partial charge in [0.05, 0.1) is 6.61 Å². The molecule has 0 N–H and O–H groups in total. The van der Waals surface area contributed by atoms with Gasteiger partial charge < -0.3 is 9.47 Å². The molecule has 1 aliphatic heterocycles. The average Bonchev–Trinajstić information content (AvgIpc) is 3.43. The van der Waals surface area contributed by atoms with Gasteiger partial charge in [-0.1, -0.05) is 54.6 Å². The molecule has 2 nitrogen and oxygen atoms in total. The standard InChI is InChI=1S/C21H20O2/c1-2-4-19-13-17(7-10-18(19)3-1)6-5-16-8-11-20(12-9-16)22-14-21-15-23-21/h1-4,7-13,21H,5-6,14-15H2. The van der Waals surface area contributed by atoms with Crippen molar-refractivity contribution in [3.05, 3.63) is 77.9 Å². The topological polar surface area (TPSA) is 21.8 Å². The van der Waals surface area contributed by atoms with Crippen molar-refractivity contribution < 1.29 is 9.47 Å². The Morgan fingerprint density at radius 2 is 1.52 bits per heavy atom. The number of rotatable bonds is 6. The van der Waals surface area contributed by atoms with Gasteiger partial charge in [-0.25, -0.2) is 0 Å². The smallest absolute Gasteiger partial charge is 0.119 e. The normalized spacial score (nSPS) is 16.4. The fourth-order valence-electron chi connectivity index (χ4n) is 2.79. The van der Waals surface area contributed by atoms with Crippen LogP contribution in [0.25, 0.3) is 10.8 Å². The second-order valence-electron chi connectivity index (χ2n) is 6.09. The second kappa shape index (κ2) is 6.43. The molecule has 1 atom stereocenters. The van der Waals surface area contributed by atoms with Crippen LogP contribution >= 0.6 is 0 Å². The van der Waals surface area contributed by atoms with Gasteiger partial charge >= 0.3 is 0 Å². The Kier molecular flexibility index (Phi) is 3.99. The van der Waals surface area contributed by atoms with E-state index in [2.05, 4.69) is 66.7 Å². The summed E-state index contributed by atoms with van der Waals surface area (Å²) in [5, 5.41) is 2.62. The summed E-state index contributed by atoms with van der Waals surface area (Å²) in [4.78, 5) is 0. The summed E-state index contributed by atoms with van der Waals surface area (Å²) in [6, 6.07) is 23.7. The predicted octanol–water partition coefficient (Wildman–Crippen LogP) is 4.40. The molecule has 4 rings (SSSR count). The van der Waals surface area contributed by atoms with Gasteiger partial charge in [-0.05, 0) is 46.9 Å². The minimum Gasteiger partial charge on any atom is -0.491 e. The highest BCUT2D eigenvalue weighted by Crippen LogP contribution is 2.19. The maximum Gasteiger partial charge on any atom is 0.119 e. The van der Waals surface area contributed by atoms with E-state index in [1.54, 1.807) is 0 Å². The highest BCUT2D eigenvalue weighted by molar-refractivity contribution is 5.82. The Labute approximate surface area is 136 Å². The fraction of sp³-hybridized carbons (Fsp3) is 0.238. The van der Waals surface area contributed by atoms with E-state index in [4.69, 9.17) is 9.47 Å². The van der Waals surface area contributed by atoms with Crippen molar-refractivity contribution in [3.8, 4) is 5.75 Å². The molecule has 1 fully saturated rings. The van der Waals surface area contributed by atoms with E-state index in [-0.39, 0.29) is 0 Å². The van der Waals surface area contributed by atoms with Crippen LogP contribution in [0, 0.1) is 0 Å². The summed E-state index contributed by atoms with van der Waals surface area (Å²) in [7, 11) is 0. The molecule has 0 saturated carbocycles. The Morgan fingerprint density at radius 1 is 0.826 bits per heavy atom. The van der Waals surface area contributed by atoms with Crippen molar-refractivity contribution in [2.45, 2.75) is 18.9 Å². The van der Waals surface area contributed by atoms with Crippen LogP contribution in [0.1, 0.15) is 11.1 Å². The zero-order chi connectivity index (χ0) is 15.5. The molecule has 0 aliphatic carbocycles. The van der Waals surface area contributed by atoms with Crippen LogP contribution in [0.4, 0.5) is 0 Å². The first kappa shape index (κ1) is 14.3. The Morgan fingerprint density at radius 3 is 2.30 bits per heavy atom. The van der Waals surface area contributed by atoms with Crippen molar-refractivity contribution in [2.75, 3.05) is 13.2 Å². The number of hydrogen-bond donors (Lipinski definition) is 0. The van der Waals surface area contributed by atoms with Gasteiger partial charge in [0.25, 0.3) is 0 Å². The molecule has 2 heteroatoms. The molecular formula is C21H20O2. The van der Waals surface area contributed by atoms with Gasteiger partial charge in [0.2, 0.25) is 0 Å². The number of fused-ring (bicyclic) bond motifs is 1. The number of epoxide rings is 1. The summed E-state index contributed by atoms with van der Waals surface area (Å²) in [6.45, 7) is 1.50. The molecule has 1 saturated heterocycles. The third kappa shape index (κ3) is 3.72. The summed E-state index contributed by atoms with van der Waals surface area (Å²) < 4.78 is 10.8. The van der Waals surface area contributed by atoms with Gasteiger partial charge in [0.1, 0.15) is 18.5 Å². The monoisotopic (exact) mass is 304 g/mol. The number of benzene rings is 3. The lowest BCUT2D eigenvalue weighted by molar-refractivity contribution is 0.263. The SMILES string of the molecule is c1ccc2cc(CCc3ccc(OCC4CO4)cc3)ccc2c1. The number of hydrogen-bond acceptors (Lipinski definition) is 2. The van der Waals surface area contributed by atoms with E-state index in [0.717, 1.165) is 25.2 Å². The molecule has 0 amide bonds. The molecule has 0 spiro atoms. The van der Waals surface area contributed by atoms with Gasteiger partial charge in [-0.2, -0.15) is 0 Å². The molecular weight excluding hydrogens is 284 g/mol. The van der Waals surface area contributed by atoms with Crippen LogP contribution in [0.3, 0.4) is 0 Å². The number of ether oxygens (including phenoxy) is 2. The molecule has 3 aromatic rings. The highest BCUT2D eigenvalue weighted by atomic mass is 16.6. The van der Waals surface area contributed by atoms with E-state index in [9.17, 15) is 0 Å². The quantitative estimate of drug-likeness (QED) is 0.629. The fourth-order valence-corrected chi connectivity index (χ4v) is 2.79. The zero-order valence-corrected chi connectivity index (χ0v) is 13.1. The second-order valence-corrected chi connectivity index (χ2v) is 6.09. The molecule has 1 unspecified atom stereocenters. The van der Waals surface area contributed by atoms with Crippen LogP contribution in [-0.4, -0.2) is 19.3 Å². The Balaban J connectivity index is 1.37. The lowest BCUT2D eigenvalue weighted by Crippen LogP contribution is -2.03. The maximum absolute atomic E-state index is 5.67. The Hall–Kier alpha value is -2.32. The first-order valence-electron chi connectivity index (χ1n) is 8.18. The van der Waals surface area contributed by atoms with Crippen molar-refractivity contribution in [3.63, 3.8) is 0 Å². The molecule has 1 aliphatic rings. The summed E-state index contributed by atoms with van der Waals surface area (Å²) in [5.74, 6) is 0.926. The van der Waals surface area contributed by atoms with E-state index in [0.29, 0.717) is 12.7 Å². The average molecular weight is 304 g/mol. The van der Waals surface area contributed by atoms with Crippen LogP contribution in [0.5, 0.6) is 5.75 Å². The van der Waals surface area contributed by atoms with Gasteiger partial charge in [-0.3, -0.25) is 0 Å². The maximum atomic E-state index is 5.67. The minimum atomic E-state index is 0.308. The zero-order valence-electron chi connectivity index (χ0n) is 13.1. The molecule has 116 valence electrons. The van der Waals surface area contributed by atoms with Crippen LogP contribution in [-0.2, 0) is 17.6 Å². The largest absolute Gasteiger partial charge is 0.491 e. The number of aryl methyl sites for hydroxylation is 2. The third-order valence-corrected chi connectivity index (χ3v) is 4.28. The van der Waals surface area contributed by atoms with Gasteiger partial charge in [0, 0.05) is 0 Å². The van der Waals surface area contributed by atoms with Crippen molar-refractivity contribution in [1.29, 1.82) is 0 Å². The van der Waals surface area contributed by atoms with Crippen LogP contribution in [0.2, 0.25) is 0 Å². The Bertz CT molecular complexity index is 788. The van der Waals surface area contributed by atoms with E-state index in [1.165, 1.54) is 21.9 Å². The van der Waals surface area contributed by atoms with E-state index in [1.807, 2.05) is 0 Å². The van der Waals surface area contributed by atoms with Crippen LogP contribution in [0.15, 0.2) is 66.7 Å². The summed E-state index contributed by atoms with van der Waals surface area (Å²) in [6.07, 6.45) is 2.41. The molecule has 3 aromatic carbocycles. The molecule has 23 heavy (non-hydrogen) atoms. The minimum absolute atomic E-state index is 0.308. The van der Waals surface area contributed by atoms with Gasteiger partial charge in [0.15, 0.2) is 0 Å². The lowest BCUT2D eigenvalue weighted by atomic mass is 10.0. The van der Waals surface area contributed by atoms with E-state index >= 15 is 0 Å². The first-order chi connectivity index (χ1) is 11.4.